The summed E-state index contributed by atoms with van der Waals surface area (Å²) in [5.74, 6) is 1.63. The summed E-state index contributed by atoms with van der Waals surface area (Å²) in [6.45, 7) is 4.44. The molecule has 1 aliphatic rings. The van der Waals surface area contributed by atoms with Gasteiger partial charge in [0.25, 0.3) is 0 Å². The lowest BCUT2D eigenvalue weighted by Crippen LogP contribution is -2.25. The first-order chi connectivity index (χ1) is 31.2. The van der Waals surface area contributed by atoms with Crippen molar-refractivity contribution < 1.29 is 14.3 Å². The zero-order chi connectivity index (χ0) is 45.4. The van der Waals surface area contributed by atoms with Gasteiger partial charge >= 0.3 is 0 Å². The van der Waals surface area contributed by atoms with Crippen molar-refractivity contribution in [3.63, 3.8) is 0 Å². The summed E-state index contributed by atoms with van der Waals surface area (Å²) in [7, 11) is 0. The molecule has 3 heterocycles. The number of hydrogen-bond acceptors (Lipinski definition) is 4. The van der Waals surface area contributed by atoms with Crippen LogP contribution >= 0.6 is 0 Å². The van der Waals surface area contributed by atoms with Crippen molar-refractivity contribution in [1.29, 1.82) is 0 Å². The van der Waals surface area contributed by atoms with E-state index in [0.717, 1.165) is 50.6 Å². The number of ether oxygens (including phenoxy) is 1. The van der Waals surface area contributed by atoms with E-state index in [9.17, 15) is 0 Å². The number of pyridine rings is 1. The number of benzene rings is 7. The predicted octanol–water partition coefficient (Wildman–Crippen LogP) is 14.2. The van der Waals surface area contributed by atoms with Crippen LogP contribution in [0.2, 0.25) is 0 Å². The Morgan fingerprint density at radius 1 is 0.621 bits per heavy atom. The Labute approximate surface area is 349 Å². The van der Waals surface area contributed by atoms with Gasteiger partial charge < -0.3 is 14.5 Å². The molecular formula is C53H44N4O. The molecule has 7 aromatic carbocycles. The van der Waals surface area contributed by atoms with Gasteiger partial charge in [-0.05, 0) is 101 Å². The maximum atomic E-state index is 9.03. The molecule has 0 atom stereocenters. The molecule has 0 spiro atoms. The molecule has 1 aliphatic heterocycles. The number of nitrogens with zero attached hydrogens (tertiary/aromatic N) is 4. The summed E-state index contributed by atoms with van der Waals surface area (Å²) in [5.41, 5.74) is 9.23. The molecule has 58 heavy (non-hydrogen) atoms. The molecule has 0 radical (unpaired) electrons. The minimum Gasteiger partial charge on any atom is -0.457 e. The van der Waals surface area contributed by atoms with E-state index in [-0.39, 0.29) is 35.1 Å². The van der Waals surface area contributed by atoms with Gasteiger partial charge in [-0.25, -0.2) is 4.98 Å². The molecule has 5 heteroatoms. The SMILES string of the molecule is [2H]c1c([2H])c([2H])c2c(c1[2H])c1ccc(Oc3cccc(N4CN(c5c(-c6ccccc6)cc(C([2H])([2H])[2H])cc5-c5ccccc5)c5ccccc54)c3)cc1n2-c1cc(C(C)(C)C)ccn1. The van der Waals surface area contributed by atoms with E-state index < -0.39 is 6.85 Å². The van der Waals surface area contributed by atoms with Crippen molar-refractivity contribution in [2.75, 3.05) is 16.5 Å². The molecular weight excluding hydrogens is 709 g/mol. The summed E-state index contributed by atoms with van der Waals surface area (Å²) in [5, 5.41) is 1.07. The van der Waals surface area contributed by atoms with Crippen LogP contribution in [0.4, 0.5) is 22.7 Å². The third-order valence-electron chi connectivity index (χ3n) is 10.9. The summed E-state index contributed by atoms with van der Waals surface area (Å²) < 4.78 is 69.0. The van der Waals surface area contributed by atoms with Gasteiger partial charge in [0.05, 0.1) is 33.6 Å². The lowest BCUT2D eigenvalue weighted by atomic mass is 9.88. The molecule has 0 aliphatic carbocycles. The Bertz CT molecular complexity index is 3250. The fourth-order valence-electron chi connectivity index (χ4n) is 8.08. The predicted molar refractivity (Wildman–Crippen MR) is 241 cm³/mol. The number of fused-ring (bicyclic) bond motifs is 4. The van der Waals surface area contributed by atoms with E-state index in [4.69, 9.17) is 19.3 Å². The molecule has 10 rings (SSSR count). The summed E-state index contributed by atoms with van der Waals surface area (Å²) in [6.07, 6.45) is 1.74. The molecule has 0 amide bonds. The third kappa shape index (κ3) is 6.25. The van der Waals surface area contributed by atoms with Gasteiger partial charge in [-0.15, -0.1) is 0 Å². The highest BCUT2D eigenvalue weighted by Crippen LogP contribution is 2.50. The third-order valence-corrected chi connectivity index (χ3v) is 10.9. The Balaban J connectivity index is 1.08. The van der Waals surface area contributed by atoms with Crippen molar-refractivity contribution in [2.24, 2.45) is 0 Å². The molecule has 0 fully saturated rings. The minimum atomic E-state index is -2.33. The molecule has 5 nitrogen and oxygen atoms in total. The molecule has 0 N–H and O–H groups in total. The van der Waals surface area contributed by atoms with Gasteiger partial charge in [0.2, 0.25) is 0 Å². The lowest BCUT2D eigenvalue weighted by molar-refractivity contribution is 0.483. The normalized spacial score (nSPS) is 14.6. The van der Waals surface area contributed by atoms with Crippen LogP contribution in [0.3, 0.4) is 0 Å². The highest BCUT2D eigenvalue weighted by Gasteiger charge is 2.31. The monoisotopic (exact) mass is 759 g/mol. The van der Waals surface area contributed by atoms with Gasteiger partial charge in [-0.2, -0.15) is 0 Å². The van der Waals surface area contributed by atoms with Crippen LogP contribution in [0, 0.1) is 6.85 Å². The first kappa shape index (κ1) is 28.3. The van der Waals surface area contributed by atoms with Crippen LogP contribution < -0.4 is 14.5 Å². The second kappa shape index (κ2) is 14.1. The molecule has 2 aromatic heterocycles. The van der Waals surface area contributed by atoms with Gasteiger partial charge in [0, 0.05) is 50.0 Å². The quantitative estimate of drug-likeness (QED) is 0.162. The van der Waals surface area contributed by atoms with Gasteiger partial charge in [-0.3, -0.25) is 4.57 Å². The maximum absolute atomic E-state index is 9.03. The van der Waals surface area contributed by atoms with Crippen LogP contribution in [0.25, 0.3) is 49.9 Å². The average molecular weight is 760 g/mol. The Morgan fingerprint density at radius 3 is 2.00 bits per heavy atom. The van der Waals surface area contributed by atoms with Crippen LogP contribution in [0.5, 0.6) is 11.5 Å². The summed E-state index contributed by atoms with van der Waals surface area (Å²) in [6, 6.07) is 48.2. The largest absolute Gasteiger partial charge is 0.457 e. The molecule has 0 bridgehead atoms. The van der Waals surface area contributed by atoms with E-state index in [1.54, 1.807) is 6.20 Å². The van der Waals surface area contributed by atoms with Crippen LogP contribution in [-0.4, -0.2) is 16.2 Å². The number of hydrogen-bond donors (Lipinski definition) is 0. The van der Waals surface area contributed by atoms with Crippen LogP contribution in [0.1, 0.15) is 41.5 Å². The van der Waals surface area contributed by atoms with Gasteiger partial charge in [0.1, 0.15) is 24.0 Å². The zero-order valence-corrected chi connectivity index (χ0v) is 32.4. The minimum absolute atomic E-state index is 0.113. The first-order valence-electron chi connectivity index (χ1n) is 22.9. The standard InChI is InChI=1S/C53H44N4O/c1-36-30-45(37-16-7-5-8-17-37)52(46(31-36)38-18-9-6-10-19-38)56-35-55(48-24-13-14-25-49(48)56)40-20-15-21-41(33-40)58-42-26-27-44-43-22-11-12-23-47(43)57(50(44)34-42)51-32-39(28-29-54-51)53(2,3)4/h5-34H,35H2,1-4H3/i1D3,11D,12D,22D,23D. The van der Waals surface area contributed by atoms with Crippen LogP contribution in [0.15, 0.2) is 182 Å². The highest BCUT2D eigenvalue weighted by molar-refractivity contribution is 6.09. The summed E-state index contributed by atoms with van der Waals surface area (Å²) in [4.78, 5) is 9.21. The van der Waals surface area contributed by atoms with E-state index in [0.29, 0.717) is 45.8 Å². The number of anilines is 4. The van der Waals surface area contributed by atoms with Crippen LogP contribution in [-0.2, 0) is 5.41 Å². The van der Waals surface area contributed by atoms with E-state index >= 15 is 0 Å². The molecule has 0 saturated heterocycles. The van der Waals surface area contributed by atoms with Crippen molar-refractivity contribution >= 4 is 44.6 Å². The Morgan fingerprint density at radius 2 is 1.29 bits per heavy atom. The van der Waals surface area contributed by atoms with Crippen molar-refractivity contribution in [3.8, 4) is 39.6 Å². The first-order valence-corrected chi connectivity index (χ1v) is 19.4. The maximum Gasteiger partial charge on any atom is 0.137 e. The molecule has 0 unspecified atom stereocenters. The Hall–Kier alpha value is -7.11. The zero-order valence-electron chi connectivity index (χ0n) is 39.4. The molecule has 282 valence electrons. The number of aryl methyl sites for hydroxylation is 1. The second-order valence-corrected chi connectivity index (χ2v) is 15.6. The fraction of sp³-hybridized carbons (Fsp3) is 0.113. The van der Waals surface area contributed by atoms with Gasteiger partial charge in [0.15, 0.2) is 0 Å². The number of aromatic nitrogens is 2. The smallest absolute Gasteiger partial charge is 0.137 e. The number of para-hydroxylation sites is 3. The molecule has 9 aromatic rings. The molecule has 0 saturated carbocycles. The topological polar surface area (TPSA) is 33.5 Å². The van der Waals surface area contributed by atoms with Crippen molar-refractivity contribution in [3.05, 3.63) is 193 Å². The van der Waals surface area contributed by atoms with Crippen molar-refractivity contribution in [2.45, 2.75) is 33.0 Å². The van der Waals surface area contributed by atoms with Gasteiger partial charge in [-0.1, -0.05) is 118 Å². The van der Waals surface area contributed by atoms with E-state index in [1.165, 1.54) is 0 Å². The highest BCUT2D eigenvalue weighted by atomic mass is 16.5. The number of rotatable bonds is 7. The van der Waals surface area contributed by atoms with E-state index in [2.05, 4.69) is 42.7 Å². The summed E-state index contributed by atoms with van der Waals surface area (Å²) >= 11 is 0. The van der Waals surface area contributed by atoms with E-state index in [1.807, 2.05) is 144 Å². The average Bonchev–Trinajstić information content (AvgIpc) is 3.86. The fourth-order valence-corrected chi connectivity index (χ4v) is 8.08. The lowest BCUT2D eigenvalue weighted by Gasteiger charge is -2.28. The Kier molecular flexibility index (Phi) is 6.89. The van der Waals surface area contributed by atoms with Crippen molar-refractivity contribution in [1.82, 2.24) is 9.55 Å². The second-order valence-electron chi connectivity index (χ2n) is 15.6.